The number of hydrogen-bond donors (Lipinski definition) is 2. The molecule has 5 nitrogen and oxygen atoms in total. The second-order valence-electron chi connectivity index (χ2n) is 4.01. The van der Waals surface area contributed by atoms with Gasteiger partial charge in [-0.25, -0.2) is 4.79 Å². The fourth-order valence-corrected chi connectivity index (χ4v) is 1.52. The topological polar surface area (TPSA) is 79.5 Å². The third kappa shape index (κ3) is 4.31. The Morgan fingerprint density at radius 2 is 2.00 bits per heavy atom. The zero-order chi connectivity index (χ0) is 14.8. The van der Waals surface area contributed by atoms with Crippen molar-refractivity contribution in [3.05, 3.63) is 23.2 Å². The number of nitrogens with one attached hydrogen (secondary N) is 1. The Bertz CT molecular complexity index is 493. The van der Waals surface area contributed by atoms with Crippen molar-refractivity contribution in [2.24, 2.45) is 0 Å². The number of carboxylic acid groups (broad SMARTS) is 1. The molecule has 19 heavy (non-hydrogen) atoms. The van der Waals surface area contributed by atoms with Crippen LogP contribution in [0.2, 0.25) is 0 Å². The minimum atomic E-state index is -4.68. The van der Waals surface area contributed by atoms with Gasteiger partial charge in [-0.1, -0.05) is 0 Å². The van der Waals surface area contributed by atoms with Gasteiger partial charge in [0.05, 0.1) is 12.0 Å². The molecule has 0 fully saturated rings. The van der Waals surface area contributed by atoms with Gasteiger partial charge in [0.2, 0.25) is 0 Å². The lowest BCUT2D eigenvalue weighted by molar-refractivity contribution is -0.157. The molecule has 0 saturated carbocycles. The van der Waals surface area contributed by atoms with E-state index in [9.17, 15) is 22.8 Å². The van der Waals surface area contributed by atoms with Crippen molar-refractivity contribution in [3.8, 4) is 0 Å². The molecule has 0 spiro atoms. The fraction of sp³-hybridized carbons (Fsp3) is 0.455. The minimum Gasteiger partial charge on any atom is -0.480 e. The Morgan fingerprint density at radius 3 is 2.37 bits per heavy atom. The van der Waals surface area contributed by atoms with Gasteiger partial charge in [0.1, 0.15) is 17.6 Å². The van der Waals surface area contributed by atoms with E-state index in [1.807, 2.05) is 5.32 Å². The van der Waals surface area contributed by atoms with Crippen molar-refractivity contribution in [1.29, 1.82) is 0 Å². The van der Waals surface area contributed by atoms with Crippen LogP contribution in [0, 0.1) is 13.8 Å². The van der Waals surface area contributed by atoms with Gasteiger partial charge in [0, 0.05) is 0 Å². The largest absolute Gasteiger partial charge is 0.480 e. The monoisotopic (exact) mass is 279 g/mol. The number of amides is 1. The normalized spacial score (nSPS) is 13.1. The maximum Gasteiger partial charge on any atom is 0.391 e. The number of aliphatic carboxylic acids is 1. The molecule has 0 aliphatic rings. The zero-order valence-electron chi connectivity index (χ0n) is 10.2. The smallest absolute Gasteiger partial charge is 0.391 e. The van der Waals surface area contributed by atoms with Crippen molar-refractivity contribution in [3.63, 3.8) is 0 Å². The van der Waals surface area contributed by atoms with Crippen LogP contribution in [0.5, 0.6) is 0 Å². The molecular formula is C11H12F3NO4. The first-order valence-electron chi connectivity index (χ1n) is 5.27. The molecule has 0 aliphatic heterocycles. The summed E-state index contributed by atoms with van der Waals surface area (Å²) >= 11 is 0. The van der Waals surface area contributed by atoms with Crippen LogP contribution in [0.4, 0.5) is 13.2 Å². The number of carbonyl (C=O) groups is 2. The molecule has 1 unspecified atom stereocenters. The second-order valence-corrected chi connectivity index (χ2v) is 4.01. The predicted molar refractivity (Wildman–Crippen MR) is 57.7 cm³/mol. The Hall–Kier alpha value is -1.99. The summed E-state index contributed by atoms with van der Waals surface area (Å²) < 4.78 is 41.6. The van der Waals surface area contributed by atoms with Crippen molar-refractivity contribution in [2.45, 2.75) is 32.5 Å². The lowest BCUT2D eigenvalue weighted by Gasteiger charge is -2.15. The van der Waals surface area contributed by atoms with Crippen LogP contribution in [-0.4, -0.2) is 29.2 Å². The Labute approximate surface area is 106 Å². The van der Waals surface area contributed by atoms with Crippen LogP contribution in [0.25, 0.3) is 0 Å². The average molecular weight is 279 g/mol. The van der Waals surface area contributed by atoms with Gasteiger partial charge in [0.15, 0.2) is 0 Å². The van der Waals surface area contributed by atoms with Crippen LogP contribution in [0.3, 0.4) is 0 Å². The van der Waals surface area contributed by atoms with E-state index in [0.717, 1.165) is 0 Å². The first kappa shape index (κ1) is 15.1. The molecule has 8 heteroatoms. The second kappa shape index (κ2) is 5.33. The van der Waals surface area contributed by atoms with Crippen LogP contribution in [-0.2, 0) is 4.79 Å². The van der Waals surface area contributed by atoms with Crippen molar-refractivity contribution in [1.82, 2.24) is 5.32 Å². The molecule has 2 N–H and O–H groups in total. The fourth-order valence-electron chi connectivity index (χ4n) is 1.52. The summed E-state index contributed by atoms with van der Waals surface area (Å²) in [5, 5.41) is 10.5. The van der Waals surface area contributed by atoms with Gasteiger partial charge in [0.25, 0.3) is 5.91 Å². The molecule has 106 valence electrons. The first-order chi connectivity index (χ1) is 8.60. The van der Waals surface area contributed by atoms with Crippen molar-refractivity contribution >= 4 is 11.9 Å². The third-order valence-corrected chi connectivity index (χ3v) is 2.32. The Balaban J connectivity index is 2.83. The van der Waals surface area contributed by atoms with E-state index >= 15 is 0 Å². The van der Waals surface area contributed by atoms with Crippen LogP contribution < -0.4 is 5.32 Å². The molecule has 0 saturated heterocycles. The van der Waals surface area contributed by atoms with E-state index in [2.05, 4.69) is 0 Å². The predicted octanol–water partition coefficient (Wildman–Crippen LogP) is 2.03. The SMILES string of the molecule is Cc1cc(C(=O)NC(CC(F)(F)F)C(=O)O)c(C)o1. The highest BCUT2D eigenvalue weighted by molar-refractivity contribution is 5.97. The number of carbonyl (C=O) groups excluding carboxylic acids is 1. The molecule has 1 aromatic heterocycles. The van der Waals surface area contributed by atoms with E-state index in [-0.39, 0.29) is 11.3 Å². The van der Waals surface area contributed by atoms with Gasteiger partial charge >= 0.3 is 12.1 Å². The molecule has 1 amide bonds. The van der Waals surface area contributed by atoms with Gasteiger partial charge in [-0.2, -0.15) is 13.2 Å². The van der Waals surface area contributed by atoms with E-state index < -0.39 is 30.5 Å². The summed E-state index contributed by atoms with van der Waals surface area (Å²) in [4.78, 5) is 22.4. The summed E-state index contributed by atoms with van der Waals surface area (Å²) in [6, 6.07) is -0.695. The van der Waals surface area contributed by atoms with Crippen LogP contribution in [0.1, 0.15) is 28.3 Å². The summed E-state index contributed by atoms with van der Waals surface area (Å²) in [5.74, 6) is -2.04. The summed E-state index contributed by atoms with van der Waals surface area (Å²) in [5.41, 5.74) is 0.0194. The highest BCUT2D eigenvalue weighted by Crippen LogP contribution is 2.22. The minimum absolute atomic E-state index is 0.0194. The zero-order valence-corrected chi connectivity index (χ0v) is 10.2. The molecule has 0 aliphatic carbocycles. The molecule has 0 aromatic carbocycles. The number of hydrogen-bond acceptors (Lipinski definition) is 3. The molecule has 1 atom stereocenters. The van der Waals surface area contributed by atoms with E-state index in [4.69, 9.17) is 9.52 Å². The van der Waals surface area contributed by atoms with Crippen LogP contribution in [0.15, 0.2) is 10.5 Å². The summed E-state index contributed by atoms with van der Waals surface area (Å²) in [6.45, 7) is 3.02. The number of alkyl halides is 3. The number of furan rings is 1. The Morgan fingerprint density at radius 1 is 1.42 bits per heavy atom. The molecular weight excluding hydrogens is 267 g/mol. The molecule has 1 aromatic rings. The van der Waals surface area contributed by atoms with E-state index in [1.54, 1.807) is 6.92 Å². The van der Waals surface area contributed by atoms with Gasteiger partial charge in [-0.05, 0) is 19.9 Å². The maximum absolute atomic E-state index is 12.2. The number of rotatable bonds is 4. The van der Waals surface area contributed by atoms with Crippen molar-refractivity contribution in [2.75, 3.05) is 0 Å². The number of carboxylic acids is 1. The summed E-state index contributed by atoms with van der Waals surface area (Å²) in [7, 11) is 0. The Kier molecular flexibility index (Phi) is 4.23. The molecule has 1 rings (SSSR count). The maximum atomic E-state index is 12.2. The van der Waals surface area contributed by atoms with Gasteiger partial charge < -0.3 is 14.8 Å². The standard InChI is InChI=1S/C11H12F3NO4/c1-5-3-7(6(2)19-5)9(16)15-8(10(17)18)4-11(12,13)14/h3,8H,4H2,1-2H3,(H,15,16)(H,17,18). The quantitative estimate of drug-likeness (QED) is 0.883. The average Bonchev–Trinajstić information content (AvgIpc) is 2.54. The number of halogens is 3. The van der Waals surface area contributed by atoms with Gasteiger partial charge in [-0.3, -0.25) is 4.79 Å². The summed E-state index contributed by atoms with van der Waals surface area (Å²) in [6.07, 6.45) is -6.32. The third-order valence-electron chi connectivity index (χ3n) is 2.32. The van der Waals surface area contributed by atoms with Crippen LogP contribution >= 0.6 is 0 Å². The van der Waals surface area contributed by atoms with Gasteiger partial charge in [-0.15, -0.1) is 0 Å². The lowest BCUT2D eigenvalue weighted by atomic mass is 10.1. The molecule has 1 heterocycles. The first-order valence-corrected chi connectivity index (χ1v) is 5.27. The lowest BCUT2D eigenvalue weighted by Crippen LogP contribution is -2.43. The molecule has 0 radical (unpaired) electrons. The van der Waals surface area contributed by atoms with E-state index in [1.165, 1.54) is 13.0 Å². The highest BCUT2D eigenvalue weighted by atomic mass is 19.4. The van der Waals surface area contributed by atoms with E-state index in [0.29, 0.717) is 5.76 Å². The molecule has 0 bridgehead atoms. The highest BCUT2D eigenvalue weighted by Gasteiger charge is 2.36. The van der Waals surface area contributed by atoms with Crippen molar-refractivity contribution < 1.29 is 32.3 Å². The number of aryl methyl sites for hydroxylation is 2.